The predicted molar refractivity (Wildman–Crippen MR) is 88.5 cm³/mol. The third-order valence-corrected chi connectivity index (χ3v) is 5.92. The quantitative estimate of drug-likeness (QED) is 0.767. The minimum absolute atomic E-state index is 0.0796. The van der Waals surface area contributed by atoms with Gasteiger partial charge in [0.15, 0.2) is 0 Å². The van der Waals surface area contributed by atoms with Crippen LogP contribution in [0.4, 0.5) is 0 Å². The minimum Gasteiger partial charge on any atom is -0.336 e. The van der Waals surface area contributed by atoms with Gasteiger partial charge in [0.25, 0.3) is 0 Å². The van der Waals surface area contributed by atoms with Crippen molar-refractivity contribution in [3.63, 3.8) is 0 Å². The maximum absolute atomic E-state index is 12.3. The third kappa shape index (κ3) is 4.44. The van der Waals surface area contributed by atoms with E-state index in [1.807, 2.05) is 4.90 Å². The first-order valence-corrected chi connectivity index (χ1v) is 10.5. The van der Waals surface area contributed by atoms with Crippen LogP contribution in [-0.4, -0.2) is 67.9 Å². The normalized spacial score (nSPS) is 27.8. The summed E-state index contributed by atoms with van der Waals surface area (Å²) in [6, 6.07) is 0. The first-order valence-electron chi connectivity index (χ1n) is 8.42. The molecule has 2 rings (SSSR count). The van der Waals surface area contributed by atoms with E-state index in [2.05, 4.69) is 18.7 Å². The van der Waals surface area contributed by atoms with Gasteiger partial charge in [-0.2, -0.15) is 0 Å². The van der Waals surface area contributed by atoms with Crippen LogP contribution in [-0.2, 0) is 14.6 Å². The first-order chi connectivity index (χ1) is 10.2. The molecular weight excluding hydrogens is 300 g/mol. The average molecular weight is 330 g/mol. The Balaban J connectivity index is 2.05. The van der Waals surface area contributed by atoms with E-state index < -0.39 is 9.84 Å². The molecule has 1 unspecified atom stereocenters. The van der Waals surface area contributed by atoms with E-state index in [9.17, 15) is 13.2 Å². The van der Waals surface area contributed by atoms with Crippen LogP contribution in [0.1, 0.15) is 46.0 Å². The Bertz CT molecular complexity index is 504. The molecule has 0 aromatic heterocycles. The first kappa shape index (κ1) is 17.7. The number of nitrogens with zero attached hydrogens (tertiary/aromatic N) is 2. The van der Waals surface area contributed by atoms with Crippen LogP contribution < -0.4 is 0 Å². The third-order valence-electron chi connectivity index (χ3n) is 5.00. The molecule has 6 heteroatoms. The lowest BCUT2D eigenvalue weighted by Crippen LogP contribution is -2.48. The Morgan fingerprint density at radius 3 is 2.55 bits per heavy atom. The van der Waals surface area contributed by atoms with E-state index in [1.54, 1.807) is 0 Å². The van der Waals surface area contributed by atoms with Crippen molar-refractivity contribution in [1.29, 1.82) is 0 Å². The largest absolute Gasteiger partial charge is 0.336 e. The second kappa shape index (κ2) is 6.87. The molecule has 1 atom stereocenters. The maximum Gasteiger partial charge on any atom is 0.223 e. The molecule has 1 spiro atoms. The van der Waals surface area contributed by atoms with Gasteiger partial charge < -0.3 is 9.80 Å². The van der Waals surface area contributed by atoms with E-state index in [0.29, 0.717) is 18.9 Å². The lowest BCUT2D eigenvalue weighted by atomic mass is 9.88. The van der Waals surface area contributed by atoms with Crippen LogP contribution in [0.25, 0.3) is 0 Å². The number of carbonyl (C=O) groups excluding carboxylic acids is 1. The van der Waals surface area contributed by atoms with E-state index in [-0.39, 0.29) is 17.2 Å². The summed E-state index contributed by atoms with van der Waals surface area (Å²) in [4.78, 5) is 16.6. The second-order valence-corrected chi connectivity index (χ2v) is 9.71. The van der Waals surface area contributed by atoms with Crippen LogP contribution in [0, 0.1) is 5.92 Å². The highest BCUT2D eigenvalue weighted by molar-refractivity contribution is 7.90. The molecule has 0 radical (unpaired) electrons. The number of rotatable bonds is 5. The molecule has 2 aliphatic heterocycles. The van der Waals surface area contributed by atoms with Crippen molar-refractivity contribution in [2.45, 2.75) is 51.5 Å². The number of amides is 1. The van der Waals surface area contributed by atoms with Gasteiger partial charge in [-0.25, -0.2) is 8.42 Å². The lowest BCUT2D eigenvalue weighted by Gasteiger charge is -2.38. The zero-order valence-corrected chi connectivity index (χ0v) is 15.0. The summed E-state index contributed by atoms with van der Waals surface area (Å²) in [6.07, 6.45) is 5.80. The van der Waals surface area contributed by atoms with Crippen molar-refractivity contribution in [1.82, 2.24) is 9.80 Å². The van der Waals surface area contributed by atoms with Crippen molar-refractivity contribution in [2.24, 2.45) is 5.92 Å². The van der Waals surface area contributed by atoms with Crippen LogP contribution in [0.3, 0.4) is 0 Å². The molecule has 0 aliphatic carbocycles. The summed E-state index contributed by atoms with van der Waals surface area (Å²) in [5.74, 6) is 0.873. The number of carbonyl (C=O) groups is 1. The average Bonchev–Trinajstić information content (AvgIpc) is 2.55. The molecule has 1 amide bonds. The standard InChI is InChI=1S/C16H30N2O3S/c1-14(2)13-17-9-4-6-16(8-10-17)7-5-15(19)18(16)11-12-22(3,20)21/h14H,4-13H2,1-3H3. The topological polar surface area (TPSA) is 57.7 Å². The van der Waals surface area contributed by atoms with Crippen LogP contribution >= 0.6 is 0 Å². The second-order valence-electron chi connectivity index (χ2n) is 7.45. The summed E-state index contributed by atoms with van der Waals surface area (Å²) < 4.78 is 22.9. The molecule has 0 saturated carbocycles. The highest BCUT2D eigenvalue weighted by atomic mass is 32.2. The molecular formula is C16H30N2O3S. The molecule has 22 heavy (non-hydrogen) atoms. The van der Waals surface area contributed by atoms with Crippen LogP contribution in [0.5, 0.6) is 0 Å². The molecule has 0 aromatic carbocycles. The molecule has 2 aliphatic rings. The van der Waals surface area contributed by atoms with Gasteiger partial charge in [0, 0.05) is 37.8 Å². The summed E-state index contributed by atoms with van der Waals surface area (Å²) >= 11 is 0. The zero-order chi connectivity index (χ0) is 16.4. The Labute approximate surface area is 135 Å². The number of sulfone groups is 1. The number of hydrogen-bond acceptors (Lipinski definition) is 4. The van der Waals surface area contributed by atoms with Crippen LogP contribution in [0.15, 0.2) is 0 Å². The van der Waals surface area contributed by atoms with Gasteiger partial charge in [0.1, 0.15) is 9.84 Å². The summed E-state index contributed by atoms with van der Waals surface area (Å²) in [5, 5.41) is 0. The van der Waals surface area contributed by atoms with Gasteiger partial charge >= 0.3 is 0 Å². The van der Waals surface area contributed by atoms with Gasteiger partial charge in [0.2, 0.25) is 5.91 Å². The fraction of sp³-hybridized carbons (Fsp3) is 0.938. The van der Waals surface area contributed by atoms with E-state index in [0.717, 1.165) is 45.3 Å². The van der Waals surface area contributed by atoms with E-state index in [1.165, 1.54) is 6.26 Å². The van der Waals surface area contributed by atoms with Gasteiger partial charge in [-0.3, -0.25) is 4.79 Å². The van der Waals surface area contributed by atoms with Crippen molar-refractivity contribution >= 4 is 15.7 Å². The number of likely N-dealkylation sites (tertiary alicyclic amines) is 2. The molecule has 5 nitrogen and oxygen atoms in total. The molecule has 0 N–H and O–H groups in total. The summed E-state index contributed by atoms with van der Waals surface area (Å²) in [5.41, 5.74) is -0.0898. The van der Waals surface area contributed by atoms with E-state index in [4.69, 9.17) is 0 Å². The SMILES string of the molecule is CC(C)CN1CCCC2(CCC(=O)N2CCS(C)(=O)=O)CC1. The van der Waals surface area contributed by atoms with Gasteiger partial charge in [0.05, 0.1) is 5.75 Å². The Morgan fingerprint density at radius 2 is 1.91 bits per heavy atom. The fourth-order valence-electron chi connectivity index (χ4n) is 3.95. The highest BCUT2D eigenvalue weighted by Gasteiger charge is 2.45. The number of hydrogen-bond donors (Lipinski definition) is 0. The molecule has 2 fully saturated rings. The molecule has 2 heterocycles. The highest BCUT2D eigenvalue weighted by Crippen LogP contribution is 2.39. The Kier molecular flexibility index (Phi) is 5.54. The predicted octanol–water partition coefficient (Wildman–Crippen LogP) is 1.53. The minimum atomic E-state index is -3.03. The Morgan fingerprint density at radius 1 is 1.18 bits per heavy atom. The van der Waals surface area contributed by atoms with Gasteiger partial charge in [-0.15, -0.1) is 0 Å². The maximum atomic E-state index is 12.3. The van der Waals surface area contributed by atoms with E-state index >= 15 is 0 Å². The van der Waals surface area contributed by atoms with Gasteiger partial charge in [-0.1, -0.05) is 13.8 Å². The summed E-state index contributed by atoms with van der Waals surface area (Å²) in [6.45, 7) is 8.04. The molecule has 0 aromatic rings. The summed E-state index contributed by atoms with van der Waals surface area (Å²) in [7, 11) is -3.03. The van der Waals surface area contributed by atoms with Crippen molar-refractivity contribution < 1.29 is 13.2 Å². The van der Waals surface area contributed by atoms with Crippen molar-refractivity contribution in [2.75, 3.05) is 38.2 Å². The van der Waals surface area contributed by atoms with Crippen LogP contribution in [0.2, 0.25) is 0 Å². The fourth-order valence-corrected chi connectivity index (χ4v) is 4.46. The molecule has 128 valence electrons. The molecule has 2 saturated heterocycles. The monoisotopic (exact) mass is 330 g/mol. The van der Waals surface area contributed by atoms with Crippen molar-refractivity contribution in [3.05, 3.63) is 0 Å². The molecule has 0 bridgehead atoms. The zero-order valence-electron chi connectivity index (χ0n) is 14.2. The Hall–Kier alpha value is -0.620. The smallest absolute Gasteiger partial charge is 0.223 e. The lowest BCUT2D eigenvalue weighted by molar-refractivity contribution is -0.131. The van der Waals surface area contributed by atoms with Crippen molar-refractivity contribution in [3.8, 4) is 0 Å². The van der Waals surface area contributed by atoms with Gasteiger partial charge in [-0.05, 0) is 38.1 Å².